The normalized spacial score (nSPS) is 17.8. The van der Waals surface area contributed by atoms with Gasteiger partial charge < -0.3 is 5.32 Å². The second-order valence-electron chi connectivity index (χ2n) is 4.95. The molecule has 0 bridgehead atoms. The average molecular weight is 347 g/mol. The number of thioether (sulfide) groups is 1. The van der Waals surface area contributed by atoms with Crippen LogP contribution in [-0.2, 0) is 4.79 Å². The van der Waals surface area contributed by atoms with Crippen LogP contribution in [0.3, 0.4) is 0 Å². The third kappa shape index (κ3) is 3.63. The van der Waals surface area contributed by atoms with Gasteiger partial charge in [0, 0.05) is 5.56 Å². The van der Waals surface area contributed by atoms with Crippen molar-refractivity contribution in [1.82, 2.24) is 5.32 Å². The summed E-state index contributed by atoms with van der Waals surface area (Å²) in [5.74, 6) is -0.789. The van der Waals surface area contributed by atoms with Crippen molar-refractivity contribution in [2.24, 2.45) is 4.99 Å². The predicted molar refractivity (Wildman–Crippen MR) is 93.4 cm³/mol. The van der Waals surface area contributed by atoms with Crippen LogP contribution in [0, 0.1) is 12.7 Å². The Kier molecular flexibility index (Phi) is 4.50. The molecule has 2 aromatic carbocycles. The van der Waals surface area contributed by atoms with Gasteiger partial charge in [-0.15, -0.1) is 0 Å². The minimum absolute atomic E-state index is 0.198. The molecule has 1 aliphatic heterocycles. The van der Waals surface area contributed by atoms with Crippen molar-refractivity contribution < 1.29 is 9.18 Å². The second kappa shape index (κ2) is 6.56. The summed E-state index contributed by atoms with van der Waals surface area (Å²) in [5.41, 5.74) is 2.07. The molecule has 0 saturated carbocycles. The molecule has 0 spiro atoms. The zero-order valence-corrected chi connectivity index (χ0v) is 13.7. The highest BCUT2D eigenvalue weighted by Crippen LogP contribution is 2.30. The molecule has 0 unspecified atom stereocenters. The Hall–Kier alpha value is -2.11. The number of amidine groups is 1. The first-order chi connectivity index (χ1) is 11.0. The van der Waals surface area contributed by atoms with Gasteiger partial charge in [-0.05, 0) is 49.0 Å². The Morgan fingerprint density at radius 1 is 1.22 bits per heavy atom. The summed E-state index contributed by atoms with van der Waals surface area (Å²) in [6.07, 6.45) is 1.44. The maximum Gasteiger partial charge on any atom is 0.264 e. The molecule has 2 aromatic rings. The lowest BCUT2D eigenvalue weighted by Crippen LogP contribution is -2.19. The zero-order valence-electron chi connectivity index (χ0n) is 12.1. The summed E-state index contributed by atoms with van der Waals surface area (Å²) in [5, 5.41) is 3.38. The monoisotopic (exact) mass is 346 g/mol. The molecule has 0 radical (unpaired) electrons. The Bertz CT molecular complexity index is 811. The van der Waals surface area contributed by atoms with Crippen LogP contribution in [0.1, 0.15) is 11.1 Å². The van der Waals surface area contributed by atoms with Gasteiger partial charge in [-0.3, -0.25) is 4.79 Å². The number of nitrogens with one attached hydrogen (secondary N) is 1. The molecule has 1 saturated heterocycles. The van der Waals surface area contributed by atoms with Crippen molar-refractivity contribution in [1.29, 1.82) is 0 Å². The van der Waals surface area contributed by atoms with E-state index in [0.717, 1.165) is 23.0 Å². The number of rotatable bonds is 2. The number of hydrogen-bond acceptors (Lipinski definition) is 3. The van der Waals surface area contributed by atoms with E-state index in [2.05, 4.69) is 10.3 Å². The molecule has 116 valence electrons. The predicted octanol–water partition coefficient (Wildman–Crippen LogP) is 4.68. The van der Waals surface area contributed by atoms with E-state index in [0.29, 0.717) is 10.1 Å². The summed E-state index contributed by atoms with van der Waals surface area (Å²) < 4.78 is 13.8. The highest BCUT2D eigenvalue weighted by atomic mass is 35.5. The van der Waals surface area contributed by atoms with Crippen LogP contribution in [0.15, 0.2) is 52.4 Å². The van der Waals surface area contributed by atoms with Crippen LogP contribution in [0.5, 0.6) is 0 Å². The third-order valence-corrected chi connectivity index (χ3v) is 4.43. The Morgan fingerprint density at radius 2 is 1.96 bits per heavy atom. The van der Waals surface area contributed by atoms with Crippen molar-refractivity contribution >= 4 is 46.2 Å². The number of halogens is 2. The smallest absolute Gasteiger partial charge is 0.264 e. The van der Waals surface area contributed by atoms with Crippen molar-refractivity contribution in [2.75, 3.05) is 0 Å². The van der Waals surface area contributed by atoms with E-state index in [1.54, 1.807) is 6.07 Å². The number of carbonyl (C=O) groups excluding carboxylic acids is 1. The van der Waals surface area contributed by atoms with Gasteiger partial charge >= 0.3 is 0 Å². The molecule has 6 heteroatoms. The SMILES string of the molecule is Cc1ccc(N=C2NC(=O)C(=Cc3c(F)cccc3Cl)S2)cc1. The van der Waals surface area contributed by atoms with Gasteiger partial charge in [0.05, 0.1) is 15.6 Å². The van der Waals surface area contributed by atoms with Gasteiger partial charge in [-0.25, -0.2) is 9.38 Å². The van der Waals surface area contributed by atoms with E-state index in [1.807, 2.05) is 31.2 Å². The van der Waals surface area contributed by atoms with Crippen LogP contribution in [0.25, 0.3) is 6.08 Å². The van der Waals surface area contributed by atoms with Gasteiger partial charge in [0.25, 0.3) is 5.91 Å². The van der Waals surface area contributed by atoms with E-state index in [9.17, 15) is 9.18 Å². The Morgan fingerprint density at radius 3 is 2.65 bits per heavy atom. The summed E-state index contributed by atoms with van der Waals surface area (Å²) >= 11 is 7.14. The summed E-state index contributed by atoms with van der Waals surface area (Å²) in [7, 11) is 0. The quantitative estimate of drug-likeness (QED) is 0.802. The van der Waals surface area contributed by atoms with Gasteiger partial charge in [-0.2, -0.15) is 0 Å². The molecule has 23 heavy (non-hydrogen) atoms. The molecule has 3 nitrogen and oxygen atoms in total. The van der Waals surface area contributed by atoms with E-state index in [-0.39, 0.29) is 16.5 Å². The highest BCUT2D eigenvalue weighted by Gasteiger charge is 2.24. The van der Waals surface area contributed by atoms with Crippen LogP contribution in [0.4, 0.5) is 10.1 Å². The molecular formula is C17H12ClFN2OS. The molecule has 3 rings (SSSR count). The lowest BCUT2D eigenvalue weighted by atomic mass is 10.2. The fourth-order valence-corrected chi connectivity index (χ4v) is 3.04. The van der Waals surface area contributed by atoms with Crippen LogP contribution in [-0.4, -0.2) is 11.1 Å². The van der Waals surface area contributed by atoms with Gasteiger partial charge in [0.15, 0.2) is 5.17 Å². The standard InChI is InChI=1S/C17H12ClFN2OS/c1-10-5-7-11(8-6-10)20-17-21-16(22)15(23-17)9-12-13(18)3-2-4-14(12)19/h2-9H,1H3,(H,20,21,22). The first kappa shape index (κ1) is 15.8. The van der Waals surface area contributed by atoms with Crippen molar-refractivity contribution in [2.45, 2.75) is 6.92 Å². The van der Waals surface area contributed by atoms with Gasteiger partial charge in [0.1, 0.15) is 5.82 Å². The number of hydrogen-bond donors (Lipinski definition) is 1. The molecule has 0 atom stereocenters. The number of aliphatic imine (C=N–C) groups is 1. The Balaban J connectivity index is 1.88. The molecule has 1 aliphatic rings. The van der Waals surface area contributed by atoms with Crippen LogP contribution < -0.4 is 5.32 Å². The largest absolute Gasteiger partial charge is 0.300 e. The van der Waals surface area contributed by atoms with E-state index in [4.69, 9.17) is 11.6 Å². The molecule has 0 aliphatic carbocycles. The molecule has 1 fully saturated rings. The number of aryl methyl sites for hydroxylation is 1. The summed E-state index contributed by atoms with van der Waals surface area (Å²) in [6, 6.07) is 12.0. The minimum Gasteiger partial charge on any atom is -0.300 e. The first-order valence-corrected chi connectivity index (χ1v) is 8.02. The first-order valence-electron chi connectivity index (χ1n) is 6.83. The number of benzene rings is 2. The number of carbonyl (C=O) groups is 1. The van der Waals surface area contributed by atoms with Gasteiger partial charge in [-0.1, -0.05) is 35.4 Å². The second-order valence-corrected chi connectivity index (χ2v) is 6.39. The molecule has 1 amide bonds. The molecule has 1 heterocycles. The summed E-state index contributed by atoms with van der Waals surface area (Å²) in [6.45, 7) is 1.99. The van der Waals surface area contributed by atoms with Crippen molar-refractivity contribution in [3.63, 3.8) is 0 Å². The lowest BCUT2D eigenvalue weighted by Gasteiger charge is -2.00. The van der Waals surface area contributed by atoms with Crippen molar-refractivity contribution in [3.8, 4) is 0 Å². The van der Waals surface area contributed by atoms with Crippen molar-refractivity contribution in [3.05, 3.63) is 69.3 Å². The lowest BCUT2D eigenvalue weighted by molar-refractivity contribution is -0.115. The maximum absolute atomic E-state index is 13.8. The molecule has 0 aromatic heterocycles. The zero-order chi connectivity index (χ0) is 16.4. The van der Waals surface area contributed by atoms with E-state index in [1.165, 1.54) is 18.2 Å². The third-order valence-electron chi connectivity index (χ3n) is 3.19. The van der Waals surface area contributed by atoms with Crippen LogP contribution in [0.2, 0.25) is 5.02 Å². The van der Waals surface area contributed by atoms with Gasteiger partial charge in [0.2, 0.25) is 0 Å². The topological polar surface area (TPSA) is 41.5 Å². The number of nitrogens with zero attached hydrogens (tertiary/aromatic N) is 1. The van der Waals surface area contributed by atoms with E-state index < -0.39 is 5.82 Å². The minimum atomic E-state index is -0.470. The number of amides is 1. The maximum atomic E-state index is 13.8. The fourth-order valence-electron chi connectivity index (χ4n) is 2.00. The molecule has 1 N–H and O–H groups in total. The Labute approximate surface area is 142 Å². The molecular weight excluding hydrogens is 335 g/mol. The average Bonchev–Trinajstić information content (AvgIpc) is 2.85. The fraction of sp³-hybridized carbons (Fsp3) is 0.0588. The van der Waals surface area contributed by atoms with Crippen LogP contribution >= 0.6 is 23.4 Å². The van der Waals surface area contributed by atoms with E-state index >= 15 is 0 Å². The highest BCUT2D eigenvalue weighted by molar-refractivity contribution is 8.18. The summed E-state index contributed by atoms with van der Waals surface area (Å²) in [4.78, 5) is 16.7.